The molecule has 0 aliphatic heterocycles. The summed E-state index contributed by atoms with van der Waals surface area (Å²) < 4.78 is 1.47. The predicted molar refractivity (Wildman–Crippen MR) is 87.1 cm³/mol. The molecule has 2 aliphatic rings. The summed E-state index contributed by atoms with van der Waals surface area (Å²) in [6.45, 7) is 2.12. The minimum atomic E-state index is -0.382. The van der Waals surface area contributed by atoms with Crippen molar-refractivity contribution in [1.82, 2.24) is 9.55 Å². The first-order chi connectivity index (χ1) is 10.7. The van der Waals surface area contributed by atoms with Crippen molar-refractivity contribution in [2.75, 3.05) is 0 Å². The van der Waals surface area contributed by atoms with E-state index in [9.17, 15) is 9.59 Å². The second-order valence-corrected chi connectivity index (χ2v) is 4.81. The van der Waals surface area contributed by atoms with E-state index < -0.39 is 0 Å². The van der Waals surface area contributed by atoms with E-state index in [0.29, 0.717) is 12.1 Å². The average molecular weight is 350 g/mol. The minimum Gasteiger partial charge on any atom is -0.297 e. The second kappa shape index (κ2) is 10.7. The summed E-state index contributed by atoms with van der Waals surface area (Å²) in [5.74, 6) is 1.10. The quantitative estimate of drug-likeness (QED) is 0.846. The average Bonchev–Trinajstić information content (AvgIpc) is 3.20. The fourth-order valence-corrected chi connectivity index (χ4v) is 1.88. The normalized spacial score (nSPS) is 17.8. The molecule has 0 unspecified atom stereocenters. The van der Waals surface area contributed by atoms with Gasteiger partial charge in [-0.05, 0) is 64.7 Å². The Kier molecular flexibility index (Phi) is 9.27. The predicted octanol–water partition coefficient (Wildman–Crippen LogP) is 1.83. The van der Waals surface area contributed by atoms with E-state index in [1.54, 1.807) is 13.1 Å². The maximum atomic E-state index is 11.5. The topological polar surface area (TPSA) is 54.9 Å². The van der Waals surface area contributed by atoms with E-state index in [0.717, 1.165) is 5.92 Å². The Morgan fingerprint density at radius 1 is 1.00 bits per heavy atom. The van der Waals surface area contributed by atoms with Crippen LogP contribution in [-0.4, -0.2) is 9.55 Å². The Balaban J connectivity index is 0.000000377. The van der Waals surface area contributed by atoms with Crippen molar-refractivity contribution in [3.05, 3.63) is 108 Å². The van der Waals surface area contributed by atoms with Crippen LogP contribution >= 0.6 is 0 Å². The van der Waals surface area contributed by atoms with Crippen LogP contribution < -0.4 is 11.2 Å². The smallest absolute Gasteiger partial charge is 0.297 e. The summed E-state index contributed by atoms with van der Waals surface area (Å²) in [5.41, 5.74) is -0.176. The van der Waals surface area contributed by atoms with Gasteiger partial charge in [-0.2, -0.15) is 0 Å². The third kappa shape index (κ3) is 6.92. The zero-order valence-corrected chi connectivity index (χ0v) is 13.9. The maximum absolute atomic E-state index is 11.5. The van der Waals surface area contributed by atoms with Gasteiger partial charge in [-0.1, -0.05) is 12.2 Å². The number of rotatable bonds is 3. The molecule has 1 heterocycles. The summed E-state index contributed by atoms with van der Waals surface area (Å²) in [5, 5.41) is 0. The monoisotopic (exact) mass is 350 g/mol. The molecule has 4 nitrogen and oxygen atoms in total. The third-order valence-electron chi connectivity index (χ3n) is 3.05. The number of nitrogens with zero attached hydrogens (tertiary/aromatic N) is 1. The zero-order chi connectivity index (χ0) is 15.8. The van der Waals surface area contributed by atoms with Crippen molar-refractivity contribution in [3.63, 3.8) is 0 Å². The van der Waals surface area contributed by atoms with Crippen LogP contribution in [0.2, 0.25) is 0 Å². The van der Waals surface area contributed by atoms with Gasteiger partial charge in [0.05, 0.1) is 0 Å². The largest absolute Gasteiger partial charge is 2.00 e. The molecule has 0 aromatic carbocycles. The van der Waals surface area contributed by atoms with Crippen LogP contribution in [0.3, 0.4) is 0 Å². The minimum absolute atomic E-state index is 0. The first kappa shape index (κ1) is 20.0. The molecule has 2 saturated carbocycles. The summed E-state index contributed by atoms with van der Waals surface area (Å²) >= 11 is 0. The third-order valence-corrected chi connectivity index (χ3v) is 3.05. The van der Waals surface area contributed by atoms with Gasteiger partial charge in [0, 0.05) is 24.2 Å². The van der Waals surface area contributed by atoms with Gasteiger partial charge >= 0.3 is 22.8 Å². The number of H-pyrrole nitrogens is 1. The van der Waals surface area contributed by atoms with Crippen molar-refractivity contribution in [2.24, 2.45) is 0 Å². The summed E-state index contributed by atoms with van der Waals surface area (Å²) in [6, 6.07) is 0. The van der Waals surface area contributed by atoms with E-state index in [-0.39, 0.29) is 28.3 Å². The molecule has 23 heavy (non-hydrogen) atoms. The van der Waals surface area contributed by atoms with Crippen molar-refractivity contribution < 1.29 is 17.1 Å². The SMILES string of the molecule is Cc1cn(C/C=C/[C]2[CH][CH][CH][CH]2)c(=O)[nH]c1=O.[CH]1[CH][CH][CH][CH]1.[Fe+2]. The van der Waals surface area contributed by atoms with E-state index in [1.165, 1.54) is 4.57 Å². The van der Waals surface area contributed by atoms with Crippen molar-refractivity contribution in [1.29, 1.82) is 0 Å². The van der Waals surface area contributed by atoms with E-state index in [2.05, 4.69) is 4.98 Å². The van der Waals surface area contributed by atoms with Gasteiger partial charge in [-0.15, -0.1) is 0 Å². The van der Waals surface area contributed by atoms with Gasteiger partial charge in [0.15, 0.2) is 0 Å². The van der Waals surface area contributed by atoms with E-state index in [4.69, 9.17) is 0 Å². The fourth-order valence-electron chi connectivity index (χ4n) is 1.88. The maximum Gasteiger partial charge on any atom is 2.00 e. The van der Waals surface area contributed by atoms with Gasteiger partial charge in [0.2, 0.25) is 0 Å². The van der Waals surface area contributed by atoms with Crippen LogP contribution in [0.1, 0.15) is 5.56 Å². The van der Waals surface area contributed by atoms with Gasteiger partial charge in [0.25, 0.3) is 5.56 Å². The molecule has 10 radical (unpaired) electrons. The zero-order valence-electron chi connectivity index (χ0n) is 12.8. The van der Waals surface area contributed by atoms with Crippen LogP contribution in [0.25, 0.3) is 0 Å². The molecule has 1 aromatic rings. The molecular weight excluding hydrogens is 332 g/mol. The molecule has 1 aromatic heterocycles. The molecule has 0 bridgehead atoms. The molecule has 2 fully saturated rings. The van der Waals surface area contributed by atoms with Crippen LogP contribution in [0, 0.1) is 70.6 Å². The first-order valence-electron chi connectivity index (χ1n) is 7.02. The van der Waals surface area contributed by atoms with Crippen molar-refractivity contribution in [3.8, 4) is 0 Å². The van der Waals surface area contributed by atoms with Gasteiger partial charge in [-0.25, -0.2) is 4.79 Å². The standard InChI is InChI=1S/C13H13N2O2.C5H5.Fe/c1-10-9-15(13(17)14-12(10)16)8-4-7-11-5-2-3-6-11;1-2-4-5-3-1;/h2-7,9H,8H2,1H3,(H,14,16,17);1-5H;/q;;+2/b7-4+;;. The fraction of sp³-hybridized carbons (Fsp3) is 0.111. The molecule has 0 atom stereocenters. The Hall–Kier alpha value is -1.06. The van der Waals surface area contributed by atoms with Crippen LogP contribution in [0.5, 0.6) is 0 Å². The van der Waals surface area contributed by atoms with Gasteiger partial charge in [-0.3, -0.25) is 14.3 Å². The summed E-state index contributed by atoms with van der Waals surface area (Å²) in [6.07, 6.45) is 23.3. The summed E-state index contributed by atoms with van der Waals surface area (Å²) in [7, 11) is 0. The molecule has 0 amide bonds. The Bertz CT molecular complexity index is 586. The number of aryl methyl sites for hydroxylation is 1. The number of aromatic nitrogens is 2. The van der Waals surface area contributed by atoms with Crippen molar-refractivity contribution in [2.45, 2.75) is 13.5 Å². The second-order valence-electron chi connectivity index (χ2n) is 4.81. The van der Waals surface area contributed by atoms with Crippen LogP contribution in [0.15, 0.2) is 27.9 Å². The van der Waals surface area contributed by atoms with Gasteiger partial charge < -0.3 is 0 Å². The number of hydrogen-bond donors (Lipinski definition) is 1. The van der Waals surface area contributed by atoms with Crippen LogP contribution in [0.4, 0.5) is 0 Å². The molecule has 0 saturated heterocycles. The molecule has 1 N–H and O–H groups in total. The molecule has 2 aliphatic carbocycles. The Morgan fingerprint density at radius 2 is 1.57 bits per heavy atom. The molecular formula is C18H18FeN2O2+2. The van der Waals surface area contributed by atoms with Crippen molar-refractivity contribution >= 4 is 0 Å². The molecule has 5 heteroatoms. The molecule has 118 valence electrons. The number of aromatic amines is 1. The number of nitrogens with one attached hydrogen (secondary N) is 1. The number of allylic oxidation sites excluding steroid dienone is 2. The molecule has 0 spiro atoms. The first-order valence-corrected chi connectivity index (χ1v) is 7.02. The summed E-state index contributed by atoms with van der Waals surface area (Å²) in [4.78, 5) is 24.9. The Morgan fingerprint density at radius 3 is 2.13 bits per heavy atom. The van der Waals surface area contributed by atoms with E-state index >= 15 is 0 Å². The van der Waals surface area contributed by atoms with E-state index in [1.807, 2.05) is 69.9 Å². The number of hydrogen-bond acceptors (Lipinski definition) is 2. The molecule has 3 rings (SSSR count). The van der Waals surface area contributed by atoms with Crippen LogP contribution in [-0.2, 0) is 23.6 Å². The Labute approximate surface area is 148 Å². The van der Waals surface area contributed by atoms with Gasteiger partial charge in [0.1, 0.15) is 0 Å².